The van der Waals surface area contributed by atoms with Gasteiger partial charge in [0.15, 0.2) is 9.52 Å². The molecule has 1 N–H and O–H groups in total. The van der Waals surface area contributed by atoms with Crippen molar-refractivity contribution >= 4 is 32.4 Å². The molecule has 2 fully saturated rings. The molecule has 1 aromatic heterocycles. The summed E-state index contributed by atoms with van der Waals surface area (Å²) in [5.74, 6) is -1.57. The molecule has 2 heterocycles. The molecular formula is C10H11BrF3N3OS. The normalized spacial score (nSPS) is 34.9. The minimum atomic E-state index is -4.56. The van der Waals surface area contributed by atoms with E-state index in [2.05, 4.69) is 26.1 Å². The highest BCUT2D eigenvalue weighted by atomic mass is 79.9. The Hall–Kier alpha value is -0.410. The average molecular weight is 358 g/mol. The molecule has 1 saturated heterocycles. The molecule has 0 amide bonds. The Morgan fingerprint density at radius 3 is 2.26 bits per heavy atom. The molecule has 3 rings (SSSR count). The van der Waals surface area contributed by atoms with E-state index < -0.39 is 23.6 Å². The van der Waals surface area contributed by atoms with Crippen LogP contribution in [0.15, 0.2) is 3.92 Å². The van der Waals surface area contributed by atoms with Crippen molar-refractivity contribution in [2.24, 2.45) is 11.8 Å². The van der Waals surface area contributed by atoms with Gasteiger partial charge >= 0.3 is 6.18 Å². The Morgan fingerprint density at radius 1 is 1.26 bits per heavy atom. The van der Waals surface area contributed by atoms with Crippen LogP contribution in [0.25, 0.3) is 0 Å². The van der Waals surface area contributed by atoms with Crippen LogP contribution in [0.2, 0.25) is 0 Å². The molecule has 0 radical (unpaired) electrons. The van der Waals surface area contributed by atoms with E-state index in [9.17, 15) is 18.3 Å². The van der Waals surface area contributed by atoms with Crippen molar-refractivity contribution in [3.05, 3.63) is 3.92 Å². The molecule has 0 aromatic carbocycles. The largest absolute Gasteiger partial charge is 0.417 e. The second-order valence-electron chi connectivity index (χ2n) is 5.04. The standard InChI is InChI=1S/C10H11BrF3N3OS/c11-7-15-16-8(19-7)17-3-5-1-2-6(4-17)9(5,18)10(12,13)14/h5-6,18H,1-4H2. The van der Waals surface area contributed by atoms with Crippen LogP contribution in [0.5, 0.6) is 0 Å². The summed E-state index contributed by atoms with van der Waals surface area (Å²) in [4.78, 5) is 1.80. The van der Waals surface area contributed by atoms with Gasteiger partial charge in [-0.1, -0.05) is 11.3 Å². The van der Waals surface area contributed by atoms with Gasteiger partial charge in [-0.2, -0.15) is 13.2 Å². The van der Waals surface area contributed by atoms with Crippen molar-refractivity contribution in [3.63, 3.8) is 0 Å². The maximum Gasteiger partial charge on any atom is 0.417 e. The van der Waals surface area contributed by atoms with Gasteiger partial charge in [-0.25, -0.2) is 0 Å². The number of halogens is 4. The Bertz CT molecular complexity index is 481. The summed E-state index contributed by atoms with van der Waals surface area (Å²) in [6.45, 7) is 0.349. The summed E-state index contributed by atoms with van der Waals surface area (Å²) >= 11 is 4.48. The van der Waals surface area contributed by atoms with Crippen molar-refractivity contribution in [1.29, 1.82) is 0 Å². The van der Waals surface area contributed by atoms with Crippen LogP contribution in [-0.4, -0.2) is 40.2 Å². The predicted octanol–water partition coefficient (Wildman–Crippen LogP) is 2.44. The van der Waals surface area contributed by atoms with E-state index in [1.165, 1.54) is 11.3 Å². The van der Waals surface area contributed by atoms with Crippen LogP contribution in [0.3, 0.4) is 0 Å². The van der Waals surface area contributed by atoms with Gasteiger partial charge in [0.2, 0.25) is 5.13 Å². The molecule has 4 nitrogen and oxygen atoms in total. The average Bonchev–Trinajstić information content (AvgIpc) is 2.78. The van der Waals surface area contributed by atoms with E-state index in [-0.39, 0.29) is 13.1 Å². The van der Waals surface area contributed by atoms with Gasteiger partial charge in [-0.15, -0.1) is 10.2 Å². The zero-order valence-corrected chi connectivity index (χ0v) is 12.1. The number of piperidine rings is 1. The first kappa shape index (κ1) is 13.6. The van der Waals surface area contributed by atoms with Crippen molar-refractivity contribution in [2.45, 2.75) is 24.6 Å². The lowest BCUT2D eigenvalue weighted by atomic mass is 9.80. The summed E-state index contributed by atoms with van der Waals surface area (Å²) in [5.41, 5.74) is -2.54. The number of nitrogens with zero attached hydrogens (tertiary/aromatic N) is 3. The highest BCUT2D eigenvalue weighted by Gasteiger charge is 2.67. The molecule has 106 valence electrons. The topological polar surface area (TPSA) is 49.2 Å². The van der Waals surface area contributed by atoms with E-state index in [1.807, 2.05) is 0 Å². The number of aliphatic hydroxyl groups is 1. The fraction of sp³-hybridized carbons (Fsp3) is 0.800. The molecule has 1 aliphatic carbocycles. The highest BCUT2D eigenvalue weighted by molar-refractivity contribution is 9.11. The summed E-state index contributed by atoms with van der Waals surface area (Å²) in [7, 11) is 0. The molecule has 0 spiro atoms. The van der Waals surface area contributed by atoms with Gasteiger partial charge in [0.05, 0.1) is 0 Å². The number of anilines is 1. The molecule has 9 heteroatoms. The van der Waals surface area contributed by atoms with Crippen molar-refractivity contribution in [2.75, 3.05) is 18.0 Å². The third-order valence-electron chi connectivity index (χ3n) is 4.10. The van der Waals surface area contributed by atoms with Gasteiger partial charge in [-0.3, -0.25) is 0 Å². The maximum atomic E-state index is 13.1. The summed E-state index contributed by atoms with van der Waals surface area (Å²) < 4.78 is 39.9. The van der Waals surface area contributed by atoms with E-state index in [1.54, 1.807) is 4.90 Å². The number of rotatable bonds is 1. The first-order valence-corrected chi connectivity index (χ1v) is 7.46. The van der Waals surface area contributed by atoms with Crippen LogP contribution in [0.4, 0.5) is 18.3 Å². The molecule has 2 atom stereocenters. The number of fused-ring (bicyclic) bond motifs is 2. The van der Waals surface area contributed by atoms with Crippen molar-refractivity contribution in [3.8, 4) is 0 Å². The van der Waals surface area contributed by atoms with Crippen LogP contribution in [-0.2, 0) is 0 Å². The molecule has 1 aromatic rings. The lowest BCUT2D eigenvalue weighted by Gasteiger charge is -2.44. The molecule has 2 aliphatic rings. The zero-order chi connectivity index (χ0) is 13.8. The van der Waals surface area contributed by atoms with E-state index in [0.29, 0.717) is 21.9 Å². The smallest absolute Gasteiger partial charge is 0.380 e. The number of hydrogen-bond donors (Lipinski definition) is 1. The molecule has 2 bridgehead atoms. The maximum absolute atomic E-state index is 13.1. The van der Waals surface area contributed by atoms with Gasteiger partial charge in [-0.05, 0) is 28.8 Å². The first-order chi connectivity index (χ1) is 8.82. The Labute approximate surface area is 119 Å². The first-order valence-electron chi connectivity index (χ1n) is 5.85. The second kappa shape index (κ2) is 4.29. The molecular weight excluding hydrogens is 347 g/mol. The third-order valence-corrected chi connectivity index (χ3v) is 5.52. The molecule has 2 unspecified atom stereocenters. The molecule has 1 saturated carbocycles. The SMILES string of the molecule is OC1(C(F)(F)F)C2CCC1CN(c1nnc(Br)s1)C2. The fourth-order valence-corrected chi connectivity index (χ4v) is 4.29. The summed E-state index contributed by atoms with van der Waals surface area (Å²) in [6.07, 6.45) is -3.76. The molecule has 19 heavy (non-hydrogen) atoms. The number of hydrogen-bond acceptors (Lipinski definition) is 5. The quantitative estimate of drug-likeness (QED) is 0.838. The van der Waals surface area contributed by atoms with Crippen LogP contribution >= 0.6 is 27.3 Å². The number of alkyl halides is 3. The zero-order valence-electron chi connectivity index (χ0n) is 9.69. The van der Waals surface area contributed by atoms with E-state index in [0.717, 1.165) is 0 Å². The lowest BCUT2D eigenvalue weighted by Crippen LogP contribution is -2.61. The summed E-state index contributed by atoms with van der Waals surface area (Å²) in [5, 5.41) is 18.4. The number of aromatic nitrogens is 2. The van der Waals surface area contributed by atoms with Crippen molar-refractivity contribution in [1.82, 2.24) is 10.2 Å². The minimum Gasteiger partial charge on any atom is -0.380 e. The predicted molar refractivity (Wildman–Crippen MR) is 67.0 cm³/mol. The molecule has 1 aliphatic heterocycles. The second-order valence-corrected chi connectivity index (χ2v) is 7.27. The highest BCUT2D eigenvalue weighted by Crippen LogP contribution is 2.53. The van der Waals surface area contributed by atoms with Crippen LogP contribution in [0, 0.1) is 11.8 Å². The van der Waals surface area contributed by atoms with E-state index in [4.69, 9.17) is 0 Å². The van der Waals surface area contributed by atoms with Gasteiger partial charge < -0.3 is 10.0 Å². The minimum absolute atomic E-state index is 0.175. The third kappa shape index (κ3) is 1.97. The lowest BCUT2D eigenvalue weighted by molar-refractivity contribution is -0.289. The monoisotopic (exact) mass is 357 g/mol. The van der Waals surface area contributed by atoms with Crippen molar-refractivity contribution < 1.29 is 18.3 Å². The Morgan fingerprint density at radius 2 is 1.84 bits per heavy atom. The van der Waals surface area contributed by atoms with E-state index >= 15 is 0 Å². The van der Waals surface area contributed by atoms with Crippen LogP contribution < -0.4 is 4.90 Å². The Kier molecular flexibility index (Phi) is 3.06. The fourth-order valence-electron chi connectivity index (χ4n) is 3.19. The van der Waals surface area contributed by atoms with Gasteiger partial charge in [0.1, 0.15) is 0 Å². The van der Waals surface area contributed by atoms with Gasteiger partial charge in [0.25, 0.3) is 0 Å². The summed E-state index contributed by atoms with van der Waals surface area (Å²) in [6, 6.07) is 0. The van der Waals surface area contributed by atoms with Crippen LogP contribution in [0.1, 0.15) is 12.8 Å². The van der Waals surface area contributed by atoms with Gasteiger partial charge in [0, 0.05) is 24.9 Å². The Balaban J connectivity index is 1.86.